The van der Waals surface area contributed by atoms with E-state index < -0.39 is 5.97 Å². The highest BCUT2D eigenvalue weighted by Gasteiger charge is 2.15. The number of carbonyl (C=O) groups excluding carboxylic acids is 1. The van der Waals surface area contributed by atoms with Crippen LogP contribution in [0.3, 0.4) is 0 Å². The van der Waals surface area contributed by atoms with Gasteiger partial charge in [-0.3, -0.25) is 9.59 Å². The first-order chi connectivity index (χ1) is 11.5. The van der Waals surface area contributed by atoms with Crippen LogP contribution in [0.1, 0.15) is 34.8 Å². The van der Waals surface area contributed by atoms with Crippen LogP contribution in [0.15, 0.2) is 53.0 Å². The summed E-state index contributed by atoms with van der Waals surface area (Å²) in [5.41, 5.74) is 2.50. The van der Waals surface area contributed by atoms with Gasteiger partial charge in [-0.2, -0.15) is 0 Å². The Balaban J connectivity index is 1.96. The molecule has 2 aromatic rings. The molecule has 5 heteroatoms. The first kappa shape index (κ1) is 18.2. The minimum Gasteiger partial charge on any atom is -0.481 e. The van der Waals surface area contributed by atoms with Crippen LogP contribution in [0, 0.1) is 5.92 Å². The highest BCUT2D eigenvalue weighted by Crippen LogP contribution is 2.16. The van der Waals surface area contributed by atoms with Gasteiger partial charge in [-0.1, -0.05) is 53.2 Å². The normalized spacial score (nSPS) is 11.8. The topological polar surface area (TPSA) is 66.4 Å². The van der Waals surface area contributed by atoms with Crippen LogP contribution in [0.5, 0.6) is 0 Å². The van der Waals surface area contributed by atoms with Crippen molar-refractivity contribution in [2.45, 2.75) is 26.3 Å². The molecular formula is C19H20BrNO3. The number of aliphatic carboxylic acids is 1. The van der Waals surface area contributed by atoms with Crippen LogP contribution < -0.4 is 5.32 Å². The number of amides is 1. The molecule has 0 radical (unpaired) electrons. The van der Waals surface area contributed by atoms with Crippen molar-refractivity contribution < 1.29 is 14.7 Å². The van der Waals surface area contributed by atoms with Gasteiger partial charge in [0.15, 0.2) is 0 Å². The third-order valence-electron chi connectivity index (χ3n) is 3.94. The third kappa shape index (κ3) is 4.93. The molecule has 0 bridgehead atoms. The molecule has 0 aliphatic carbocycles. The first-order valence-electron chi connectivity index (χ1n) is 7.84. The van der Waals surface area contributed by atoms with Gasteiger partial charge in [0.2, 0.25) is 0 Å². The number of rotatable bonds is 7. The molecule has 126 valence electrons. The Labute approximate surface area is 150 Å². The summed E-state index contributed by atoms with van der Waals surface area (Å²) in [6, 6.07) is 14.8. The monoisotopic (exact) mass is 389 g/mol. The molecule has 0 aromatic heterocycles. The predicted molar refractivity (Wildman–Crippen MR) is 96.9 cm³/mol. The van der Waals surface area contributed by atoms with Gasteiger partial charge in [-0.05, 0) is 42.2 Å². The number of hydrogen-bond donors (Lipinski definition) is 2. The lowest BCUT2D eigenvalue weighted by Crippen LogP contribution is -2.23. The number of nitrogens with one attached hydrogen (secondary N) is 1. The van der Waals surface area contributed by atoms with E-state index in [4.69, 9.17) is 5.11 Å². The summed E-state index contributed by atoms with van der Waals surface area (Å²) < 4.78 is 0.958. The highest BCUT2D eigenvalue weighted by atomic mass is 79.9. The van der Waals surface area contributed by atoms with Crippen LogP contribution in [0.25, 0.3) is 0 Å². The molecule has 1 amide bonds. The summed E-state index contributed by atoms with van der Waals surface area (Å²) in [7, 11) is 0. The lowest BCUT2D eigenvalue weighted by molar-refractivity contribution is -0.141. The maximum Gasteiger partial charge on any atom is 0.306 e. The molecule has 0 saturated carbocycles. The smallest absolute Gasteiger partial charge is 0.306 e. The number of carboxylic acid groups (broad SMARTS) is 1. The van der Waals surface area contributed by atoms with Crippen LogP contribution in [-0.4, -0.2) is 17.0 Å². The Morgan fingerprint density at radius 3 is 2.38 bits per heavy atom. The molecule has 2 N–H and O–H groups in total. The minimum absolute atomic E-state index is 0.150. The van der Waals surface area contributed by atoms with Crippen molar-refractivity contribution in [2.75, 3.05) is 0 Å². The largest absolute Gasteiger partial charge is 0.481 e. The molecule has 0 fully saturated rings. The number of carboxylic acids is 1. The van der Waals surface area contributed by atoms with Crippen LogP contribution in [0.2, 0.25) is 0 Å². The molecule has 4 nitrogen and oxygen atoms in total. The van der Waals surface area contributed by atoms with Crippen LogP contribution in [-0.2, 0) is 17.8 Å². The zero-order valence-electron chi connectivity index (χ0n) is 13.5. The average molecular weight is 390 g/mol. The quantitative estimate of drug-likeness (QED) is 0.750. The van der Waals surface area contributed by atoms with Gasteiger partial charge in [-0.15, -0.1) is 0 Å². The molecule has 0 aliphatic heterocycles. The second kappa shape index (κ2) is 8.64. The lowest BCUT2D eigenvalue weighted by Gasteiger charge is -2.10. The number of carbonyl (C=O) groups is 2. The van der Waals surface area contributed by atoms with Crippen molar-refractivity contribution in [3.05, 3.63) is 69.7 Å². The van der Waals surface area contributed by atoms with Gasteiger partial charge in [-0.25, -0.2) is 0 Å². The van der Waals surface area contributed by atoms with Gasteiger partial charge in [0.1, 0.15) is 0 Å². The molecule has 0 saturated heterocycles. The summed E-state index contributed by atoms with van der Waals surface area (Å²) in [6.45, 7) is 2.31. The van der Waals surface area contributed by atoms with Gasteiger partial charge in [0.05, 0.1) is 5.92 Å². The molecule has 2 rings (SSSR count). The number of halogens is 1. The lowest BCUT2D eigenvalue weighted by atomic mass is 9.96. The first-order valence-corrected chi connectivity index (χ1v) is 8.64. The van der Waals surface area contributed by atoms with Crippen molar-refractivity contribution in [1.82, 2.24) is 5.32 Å². The molecule has 24 heavy (non-hydrogen) atoms. The van der Waals surface area contributed by atoms with E-state index in [2.05, 4.69) is 21.2 Å². The Kier molecular flexibility index (Phi) is 6.55. The minimum atomic E-state index is -0.784. The fourth-order valence-corrected chi connectivity index (χ4v) is 2.83. The zero-order chi connectivity index (χ0) is 17.5. The summed E-state index contributed by atoms with van der Waals surface area (Å²) in [6.07, 6.45) is 1.06. The molecule has 1 atom stereocenters. The maximum atomic E-state index is 12.2. The van der Waals surface area contributed by atoms with Crippen molar-refractivity contribution in [1.29, 1.82) is 0 Å². The van der Waals surface area contributed by atoms with Crippen molar-refractivity contribution in [3.63, 3.8) is 0 Å². The fraction of sp³-hybridized carbons (Fsp3) is 0.263. The second-order valence-corrected chi connectivity index (χ2v) is 6.47. The van der Waals surface area contributed by atoms with E-state index in [1.54, 1.807) is 12.1 Å². The van der Waals surface area contributed by atoms with Crippen molar-refractivity contribution in [3.8, 4) is 0 Å². The van der Waals surface area contributed by atoms with Gasteiger partial charge >= 0.3 is 5.97 Å². The molecular weight excluding hydrogens is 370 g/mol. The Morgan fingerprint density at radius 1 is 1.12 bits per heavy atom. The predicted octanol–water partition coefficient (Wildman–Crippen LogP) is 4.03. The molecule has 1 unspecified atom stereocenters. The SMILES string of the molecule is CCC(Cc1ccc(C(=O)NCc2ccccc2Br)cc1)C(=O)O. The molecule has 0 spiro atoms. The summed E-state index contributed by atoms with van der Waals surface area (Å²) in [5, 5.41) is 12.0. The molecule has 0 aliphatic rings. The van der Waals surface area contributed by atoms with E-state index in [1.807, 2.05) is 43.3 Å². The standard InChI is InChI=1S/C19H20BrNO3/c1-2-14(19(23)24)11-13-7-9-15(10-8-13)18(22)21-12-16-5-3-4-6-17(16)20/h3-10,14H,2,11-12H2,1H3,(H,21,22)(H,23,24). The van der Waals surface area contributed by atoms with Gasteiger partial charge < -0.3 is 10.4 Å². The van der Waals surface area contributed by atoms with Crippen molar-refractivity contribution >= 4 is 27.8 Å². The Morgan fingerprint density at radius 2 is 1.79 bits per heavy atom. The van der Waals surface area contributed by atoms with E-state index in [0.717, 1.165) is 15.6 Å². The van der Waals surface area contributed by atoms with E-state index in [0.29, 0.717) is 24.9 Å². The van der Waals surface area contributed by atoms with Gasteiger partial charge in [0, 0.05) is 16.6 Å². The zero-order valence-corrected chi connectivity index (χ0v) is 15.0. The van der Waals surface area contributed by atoms with E-state index in [1.165, 1.54) is 0 Å². The van der Waals surface area contributed by atoms with Gasteiger partial charge in [0.25, 0.3) is 5.91 Å². The molecule has 2 aromatic carbocycles. The van der Waals surface area contributed by atoms with Crippen LogP contribution in [0.4, 0.5) is 0 Å². The highest BCUT2D eigenvalue weighted by molar-refractivity contribution is 9.10. The Bertz CT molecular complexity index is 713. The van der Waals surface area contributed by atoms with Crippen LogP contribution >= 0.6 is 15.9 Å². The molecule has 0 heterocycles. The Hall–Kier alpha value is -2.14. The maximum absolute atomic E-state index is 12.2. The van der Waals surface area contributed by atoms with Crippen molar-refractivity contribution in [2.24, 2.45) is 5.92 Å². The number of benzene rings is 2. The fourth-order valence-electron chi connectivity index (χ4n) is 2.40. The van der Waals surface area contributed by atoms with E-state index in [9.17, 15) is 9.59 Å². The summed E-state index contributed by atoms with van der Waals surface area (Å²) in [5.74, 6) is -1.32. The summed E-state index contributed by atoms with van der Waals surface area (Å²) >= 11 is 3.45. The third-order valence-corrected chi connectivity index (χ3v) is 4.71. The van der Waals surface area contributed by atoms with E-state index in [-0.39, 0.29) is 11.8 Å². The van der Waals surface area contributed by atoms with E-state index >= 15 is 0 Å². The number of hydrogen-bond acceptors (Lipinski definition) is 2. The second-order valence-electron chi connectivity index (χ2n) is 5.62. The average Bonchev–Trinajstić information content (AvgIpc) is 2.59. The summed E-state index contributed by atoms with van der Waals surface area (Å²) in [4.78, 5) is 23.3.